The fraction of sp³-hybridized carbons (Fsp3) is 0.857. The number of methoxy groups -OCH3 is 1. The number of hydrogen-bond donors (Lipinski definition) is 0. The fourth-order valence-corrected chi connectivity index (χ4v) is 5.89. The molecule has 2 rings (SSSR count). The maximum absolute atomic E-state index is 12.3. The summed E-state index contributed by atoms with van der Waals surface area (Å²) in [6.45, 7) is 14.3. The van der Waals surface area contributed by atoms with Crippen LogP contribution < -0.4 is 0 Å². The van der Waals surface area contributed by atoms with Gasteiger partial charge in [-0.2, -0.15) is 0 Å². The molecule has 1 saturated carbocycles. The van der Waals surface area contributed by atoms with Crippen LogP contribution in [0, 0.1) is 11.3 Å². The largest absolute Gasteiger partial charge is 0.469 e. The second-order valence-corrected chi connectivity index (χ2v) is 14.9. The second-order valence-electron chi connectivity index (χ2n) is 10.2. The minimum Gasteiger partial charge on any atom is -0.469 e. The van der Waals surface area contributed by atoms with Gasteiger partial charge >= 0.3 is 11.9 Å². The molecule has 0 unspecified atom stereocenters. The predicted octanol–water partition coefficient (Wildman–Crippen LogP) is 3.26. The average Bonchev–Trinajstić information content (AvgIpc) is 2.57. The van der Waals surface area contributed by atoms with Gasteiger partial charge in [0.2, 0.25) is 0 Å². The third-order valence-electron chi connectivity index (χ3n) is 7.30. The Bertz CT molecular complexity index is 656. The maximum Gasteiger partial charge on any atom is 0.305 e. The van der Waals surface area contributed by atoms with Gasteiger partial charge in [0.05, 0.1) is 26.2 Å². The van der Waals surface area contributed by atoms with Crippen LogP contribution in [0.25, 0.3) is 0 Å². The number of hydrogen-bond acceptors (Lipinski definition) is 7. The van der Waals surface area contributed by atoms with Crippen LogP contribution >= 0.6 is 0 Å². The highest BCUT2D eigenvalue weighted by Crippen LogP contribution is 2.58. The number of ether oxygens (including phenoxy) is 3. The van der Waals surface area contributed by atoms with Gasteiger partial charge < -0.3 is 23.4 Å². The molecule has 0 aromatic rings. The molecular formula is C21H36O7Si. The molecule has 0 bridgehead atoms. The van der Waals surface area contributed by atoms with Gasteiger partial charge in [0.25, 0.3) is 0 Å². The first kappa shape index (κ1) is 24.0. The van der Waals surface area contributed by atoms with Gasteiger partial charge in [0.1, 0.15) is 12.4 Å². The lowest BCUT2D eigenvalue weighted by atomic mass is 9.54. The number of rotatable bonds is 7. The van der Waals surface area contributed by atoms with Crippen molar-refractivity contribution in [3.63, 3.8) is 0 Å². The zero-order valence-corrected chi connectivity index (χ0v) is 20.0. The third kappa shape index (κ3) is 4.30. The van der Waals surface area contributed by atoms with Crippen molar-refractivity contribution in [2.24, 2.45) is 11.3 Å². The first-order valence-electron chi connectivity index (χ1n) is 10.2. The summed E-state index contributed by atoms with van der Waals surface area (Å²) < 4.78 is 23.3. The number of carbonyl (C=O) groups excluding carboxylic acids is 3. The van der Waals surface area contributed by atoms with Crippen molar-refractivity contribution >= 4 is 26.5 Å². The van der Waals surface area contributed by atoms with E-state index in [0.717, 1.165) is 6.29 Å². The Balaban J connectivity index is 2.52. The molecule has 1 heterocycles. The van der Waals surface area contributed by atoms with E-state index in [1.165, 1.54) is 14.0 Å². The number of esters is 2. The van der Waals surface area contributed by atoms with Crippen LogP contribution in [0.15, 0.2) is 0 Å². The van der Waals surface area contributed by atoms with Crippen molar-refractivity contribution in [2.45, 2.75) is 89.8 Å². The third-order valence-corrected chi connectivity index (χ3v) is 11.8. The molecule has 0 spiro atoms. The highest BCUT2D eigenvalue weighted by atomic mass is 28.4. The smallest absolute Gasteiger partial charge is 0.305 e. The van der Waals surface area contributed by atoms with Crippen molar-refractivity contribution < 1.29 is 33.0 Å². The quantitative estimate of drug-likeness (QED) is 0.349. The molecule has 2 aliphatic rings. The maximum atomic E-state index is 12.3. The molecule has 0 aromatic heterocycles. The molecule has 1 aliphatic heterocycles. The minimum atomic E-state index is -2.17. The number of fused-ring (bicyclic) bond motifs is 1. The second kappa shape index (κ2) is 8.11. The Labute approximate surface area is 174 Å². The van der Waals surface area contributed by atoms with Crippen molar-refractivity contribution in [3.8, 4) is 0 Å². The van der Waals surface area contributed by atoms with Gasteiger partial charge in [-0.3, -0.25) is 9.59 Å². The summed E-state index contributed by atoms with van der Waals surface area (Å²) in [6.07, 6.45) is 0.956. The first-order chi connectivity index (χ1) is 13.2. The van der Waals surface area contributed by atoms with Crippen LogP contribution in [0.4, 0.5) is 0 Å². The summed E-state index contributed by atoms with van der Waals surface area (Å²) in [4.78, 5) is 35.9. The average molecular weight is 429 g/mol. The molecule has 0 N–H and O–H groups in total. The Hall–Kier alpha value is -1.25. The van der Waals surface area contributed by atoms with Crippen LogP contribution in [0.5, 0.6) is 0 Å². The summed E-state index contributed by atoms with van der Waals surface area (Å²) >= 11 is 0. The highest BCUT2D eigenvalue weighted by molar-refractivity contribution is 6.74. The summed E-state index contributed by atoms with van der Waals surface area (Å²) in [5, 5.41) is -0.0160. The predicted molar refractivity (Wildman–Crippen MR) is 110 cm³/mol. The van der Waals surface area contributed by atoms with Crippen LogP contribution in [-0.2, 0) is 33.0 Å². The zero-order chi connectivity index (χ0) is 22.3. The Morgan fingerprint density at radius 1 is 1.28 bits per heavy atom. The number of carbonyl (C=O) groups is 3. The molecular weight excluding hydrogens is 392 g/mol. The van der Waals surface area contributed by atoms with E-state index >= 15 is 0 Å². The number of aldehydes is 1. The Kier molecular flexibility index (Phi) is 6.72. The van der Waals surface area contributed by atoms with Crippen LogP contribution in [0.3, 0.4) is 0 Å². The van der Waals surface area contributed by atoms with E-state index in [1.54, 1.807) is 0 Å². The fourth-order valence-electron chi connectivity index (χ4n) is 4.46. The van der Waals surface area contributed by atoms with Crippen LogP contribution in [0.2, 0.25) is 18.1 Å². The molecule has 5 atom stereocenters. The molecule has 0 aromatic carbocycles. The lowest BCUT2D eigenvalue weighted by molar-refractivity contribution is -0.320. The zero-order valence-electron chi connectivity index (χ0n) is 19.0. The molecule has 0 radical (unpaired) electrons. The van der Waals surface area contributed by atoms with E-state index in [-0.39, 0.29) is 36.7 Å². The normalized spacial score (nSPS) is 34.6. The van der Waals surface area contributed by atoms with E-state index in [2.05, 4.69) is 33.9 Å². The van der Waals surface area contributed by atoms with Crippen LogP contribution in [0.1, 0.15) is 53.9 Å². The van der Waals surface area contributed by atoms with Crippen LogP contribution in [-0.4, -0.2) is 58.1 Å². The lowest BCUT2D eigenvalue weighted by Gasteiger charge is -2.63. The molecule has 1 aliphatic carbocycles. The van der Waals surface area contributed by atoms with E-state index in [9.17, 15) is 14.4 Å². The van der Waals surface area contributed by atoms with Gasteiger partial charge in [-0.05, 0) is 18.1 Å². The SMILES string of the molecule is COC(=O)C[C@H]1[C@](C)(CC=O)[C@@H](O[Si](C)(C)C(C)(C)C)C[C@H]2OC[C@]21OC(C)=O. The van der Waals surface area contributed by atoms with E-state index in [1.807, 2.05) is 6.92 Å². The molecule has 8 heteroatoms. The Morgan fingerprint density at radius 3 is 2.31 bits per heavy atom. The molecule has 1 saturated heterocycles. The molecule has 7 nitrogen and oxygen atoms in total. The molecule has 166 valence electrons. The summed E-state index contributed by atoms with van der Waals surface area (Å²) in [5.41, 5.74) is -1.63. The van der Waals surface area contributed by atoms with Crippen molar-refractivity contribution in [2.75, 3.05) is 13.7 Å². The summed E-state index contributed by atoms with van der Waals surface area (Å²) in [7, 11) is -0.835. The van der Waals surface area contributed by atoms with Crippen molar-refractivity contribution in [1.82, 2.24) is 0 Å². The van der Waals surface area contributed by atoms with Crippen molar-refractivity contribution in [3.05, 3.63) is 0 Å². The minimum absolute atomic E-state index is 0.0160. The monoisotopic (exact) mass is 428 g/mol. The lowest BCUT2D eigenvalue weighted by Crippen LogP contribution is -2.74. The highest BCUT2D eigenvalue weighted by Gasteiger charge is 2.68. The molecule has 29 heavy (non-hydrogen) atoms. The first-order valence-corrected chi connectivity index (χ1v) is 13.1. The van der Waals surface area contributed by atoms with Gasteiger partial charge in [-0.25, -0.2) is 0 Å². The topological polar surface area (TPSA) is 88.1 Å². The standard InChI is InChI=1S/C21H36O7Si/c1-14(23)27-21-13-26-17(21)12-16(28-29(7,8)19(2,3)4)20(5,9-10-22)15(21)11-18(24)25-6/h10,15-17H,9,11-13H2,1-8H3/t15-,16-,17+,20-,21+/m0/s1. The summed E-state index contributed by atoms with van der Waals surface area (Å²) in [6, 6.07) is 0. The summed E-state index contributed by atoms with van der Waals surface area (Å²) in [5.74, 6) is -1.28. The van der Waals surface area contributed by atoms with Gasteiger partial charge in [0.15, 0.2) is 13.9 Å². The van der Waals surface area contributed by atoms with Gasteiger partial charge in [-0.15, -0.1) is 0 Å². The van der Waals surface area contributed by atoms with E-state index in [4.69, 9.17) is 18.6 Å². The molecule has 2 fully saturated rings. The Morgan fingerprint density at radius 2 is 1.90 bits per heavy atom. The van der Waals surface area contributed by atoms with E-state index < -0.39 is 37.2 Å². The van der Waals surface area contributed by atoms with Crippen molar-refractivity contribution in [1.29, 1.82) is 0 Å². The molecule has 0 amide bonds. The van der Waals surface area contributed by atoms with Gasteiger partial charge in [0, 0.05) is 31.1 Å². The van der Waals surface area contributed by atoms with Gasteiger partial charge in [-0.1, -0.05) is 27.7 Å². The van der Waals surface area contributed by atoms with E-state index in [0.29, 0.717) is 6.42 Å².